The summed E-state index contributed by atoms with van der Waals surface area (Å²) in [5.74, 6) is -0.694. The van der Waals surface area contributed by atoms with E-state index in [2.05, 4.69) is 6.58 Å². The highest BCUT2D eigenvalue weighted by atomic mass is 16.2. The summed E-state index contributed by atoms with van der Waals surface area (Å²) in [6.07, 6.45) is 0. The van der Waals surface area contributed by atoms with Gasteiger partial charge in [-0.05, 0) is 26.3 Å². The largest absolute Gasteiger partial charge is 0.365 e. The van der Waals surface area contributed by atoms with Gasteiger partial charge in [0.25, 0.3) is 5.91 Å². The van der Waals surface area contributed by atoms with E-state index < -0.39 is 5.91 Å². The molecule has 1 heterocycles. The molecule has 0 saturated heterocycles. The Bertz CT molecular complexity index is 495. The number of carbonyl (C=O) groups is 1. The summed E-state index contributed by atoms with van der Waals surface area (Å²) in [5.41, 5.74) is 7.43. The van der Waals surface area contributed by atoms with Gasteiger partial charge in [0, 0.05) is 24.0 Å². The molecule has 0 atom stereocenters. The summed E-state index contributed by atoms with van der Waals surface area (Å²) < 4.78 is 1.78. The van der Waals surface area contributed by atoms with Crippen LogP contribution in [0.5, 0.6) is 0 Å². The number of carbonyl (C=O) groups excluding carboxylic acids is 1. The van der Waals surface area contributed by atoms with E-state index in [0.717, 1.165) is 5.69 Å². The van der Waals surface area contributed by atoms with Crippen molar-refractivity contribution in [1.29, 1.82) is 0 Å². The molecule has 0 spiro atoms. The van der Waals surface area contributed by atoms with Gasteiger partial charge in [0.2, 0.25) is 5.43 Å². The van der Waals surface area contributed by atoms with E-state index in [0.29, 0.717) is 16.8 Å². The lowest BCUT2D eigenvalue weighted by atomic mass is 10.0. The van der Waals surface area contributed by atoms with E-state index in [4.69, 9.17) is 5.73 Å². The minimum atomic E-state index is -0.694. The Labute approximate surface area is 94.4 Å². The third-order valence-corrected chi connectivity index (χ3v) is 2.86. The van der Waals surface area contributed by atoms with Gasteiger partial charge < -0.3 is 10.3 Å². The number of pyridine rings is 1. The zero-order chi connectivity index (χ0) is 12.6. The first-order valence-corrected chi connectivity index (χ1v) is 4.94. The number of hydrogen-bond donors (Lipinski definition) is 1. The summed E-state index contributed by atoms with van der Waals surface area (Å²) in [6, 6.07) is 0. The van der Waals surface area contributed by atoms with E-state index in [1.54, 1.807) is 25.5 Å². The van der Waals surface area contributed by atoms with Crippen LogP contribution in [0.15, 0.2) is 11.4 Å². The molecule has 4 heteroatoms. The van der Waals surface area contributed by atoms with Crippen molar-refractivity contribution in [3.05, 3.63) is 39.3 Å². The number of amides is 1. The molecular formula is C12H16N2O2. The first-order valence-electron chi connectivity index (χ1n) is 4.94. The number of nitrogens with zero attached hydrogens (tertiary/aromatic N) is 1. The van der Waals surface area contributed by atoms with Gasteiger partial charge in [0.15, 0.2) is 0 Å². The van der Waals surface area contributed by atoms with Crippen molar-refractivity contribution in [3.63, 3.8) is 0 Å². The van der Waals surface area contributed by atoms with Crippen LogP contribution in [0.25, 0.3) is 5.57 Å². The van der Waals surface area contributed by atoms with Gasteiger partial charge in [-0.25, -0.2) is 0 Å². The standard InChI is InChI=1S/C12H16N2O2/c1-6(2)9-7(3)14(5)8(4)10(11(9)15)12(13)16/h1H2,2-5H3,(H2,13,16). The Morgan fingerprint density at radius 1 is 1.25 bits per heavy atom. The molecule has 4 nitrogen and oxygen atoms in total. The lowest BCUT2D eigenvalue weighted by molar-refractivity contribution is 0.0998. The topological polar surface area (TPSA) is 65.1 Å². The minimum Gasteiger partial charge on any atom is -0.365 e. The van der Waals surface area contributed by atoms with Gasteiger partial charge in [-0.1, -0.05) is 6.58 Å². The van der Waals surface area contributed by atoms with Crippen LogP contribution >= 0.6 is 0 Å². The molecule has 0 unspecified atom stereocenters. The van der Waals surface area contributed by atoms with E-state index in [1.807, 2.05) is 6.92 Å². The fourth-order valence-electron chi connectivity index (χ4n) is 1.83. The van der Waals surface area contributed by atoms with Gasteiger partial charge in [0.05, 0.1) is 0 Å². The fraction of sp³-hybridized carbons (Fsp3) is 0.333. The number of rotatable bonds is 2. The second-order valence-corrected chi connectivity index (χ2v) is 3.95. The summed E-state index contributed by atoms with van der Waals surface area (Å²) >= 11 is 0. The molecule has 0 radical (unpaired) electrons. The molecule has 0 aliphatic carbocycles. The monoisotopic (exact) mass is 220 g/mol. The number of allylic oxidation sites excluding steroid dienone is 1. The smallest absolute Gasteiger partial charge is 0.254 e. The molecular weight excluding hydrogens is 204 g/mol. The van der Waals surface area contributed by atoms with Crippen molar-refractivity contribution in [1.82, 2.24) is 4.57 Å². The average Bonchev–Trinajstić information content (AvgIpc) is 2.13. The Morgan fingerprint density at radius 2 is 1.69 bits per heavy atom. The van der Waals surface area contributed by atoms with Gasteiger partial charge in [-0.15, -0.1) is 0 Å². The van der Waals surface area contributed by atoms with Gasteiger partial charge in [0.1, 0.15) is 5.56 Å². The molecule has 0 fully saturated rings. The molecule has 86 valence electrons. The van der Waals surface area contributed by atoms with Crippen molar-refractivity contribution < 1.29 is 4.79 Å². The summed E-state index contributed by atoms with van der Waals surface area (Å²) in [7, 11) is 1.79. The molecule has 0 saturated carbocycles. The molecule has 1 rings (SSSR count). The SMILES string of the molecule is C=C(C)c1c(C)n(C)c(C)c(C(N)=O)c1=O. The van der Waals surface area contributed by atoms with Crippen LogP contribution in [0.2, 0.25) is 0 Å². The second-order valence-electron chi connectivity index (χ2n) is 3.95. The molecule has 0 aromatic carbocycles. The van der Waals surface area contributed by atoms with Crippen molar-refractivity contribution in [2.24, 2.45) is 12.8 Å². The summed E-state index contributed by atoms with van der Waals surface area (Å²) in [5, 5.41) is 0. The Hall–Kier alpha value is -1.84. The maximum absolute atomic E-state index is 12.1. The first kappa shape index (κ1) is 12.2. The van der Waals surface area contributed by atoms with E-state index >= 15 is 0 Å². The first-order chi connectivity index (χ1) is 7.29. The van der Waals surface area contributed by atoms with Crippen molar-refractivity contribution >= 4 is 11.5 Å². The maximum atomic E-state index is 12.1. The highest BCUT2D eigenvalue weighted by Crippen LogP contribution is 2.15. The van der Waals surface area contributed by atoms with Crippen molar-refractivity contribution in [3.8, 4) is 0 Å². The third kappa shape index (κ3) is 1.66. The van der Waals surface area contributed by atoms with E-state index in [1.165, 1.54) is 0 Å². The molecule has 0 bridgehead atoms. The van der Waals surface area contributed by atoms with Gasteiger partial charge in [-0.2, -0.15) is 0 Å². The van der Waals surface area contributed by atoms with Crippen LogP contribution in [-0.2, 0) is 7.05 Å². The third-order valence-electron chi connectivity index (χ3n) is 2.86. The van der Waals surface area contributed by atoms with Crippen molar-refractivity contribution in [2.75, 3.05) is 0 Å². The fourth-order valence-corrected chi connectivity index (χ4v) is 1.83. The van der Waals surface area contributed by atoms with Crippen molar-refractivity contribution in [2.45, 2.75) is 20.8 Å². The van der Waals surface area contributed by atoms with Gasteiger partial charge in [-0.3, -0.25) is 9.59 Å². The molecule has 1 aromatic heterocycles. The minimum absolute atomic E-state index is 0.0473. The maximum Gasteiger partial charge on any atom is 0.254 e. The predicted molar refractivity (Wildman–Crippen MR) is 64.4 cm³/mol. The van der Waals surface area contributed by atoms with Crippen LogP contribution in [0.4, 0.5) is 0 Å². The highest BCUT2D eigenvalue weighted by Gasteiger charge is 2.18. The Morgan fingerprint density at radius 3 is 2.06 bits per heavy atom. The Balaban J connectivity index is 3.88. The van der Waals surface area contributed by atoms with Crippen LogP contribution in [0.3, 0.4) is 0 Å². The Kier molecular flexibility index (Phi) is 3.03. The molecule has 0 aliphatic heterocycles. The predicted octanol–water partition coefficient (Wildman–Crippen LogP) is 1.13. The number of nitrogens with two attached hydrogens (primary N) is 1. The number of hydrogen-bond acceptors (Lipinski definition) is 2. The normalized spacial score (nSPS) is 10.2. The molecule has 0 aliphatic rings. The van der Waals surface area contributed by atoms with Crippen LogP contribution in [0.1, 0.15) is 34.2 Å². The van der Waals surface area contributed by atoms with Gasteiger partial charge >= 0.3 is 0 Å². The zero-order valence-electron chi connectivity index (χ0n) is 10.0. The van der Waals surface area contributed by atoms with Crippen LogP contribution in [-0.4, -0.2) is 10.5 Å². The quantitative estimate of drug-likeness (QED) is 0.812. The molecule has 1 amide bonds. The summed E-state index contributed by atoms with van der Waals surface area (Å²) in [6.45, 7) is 9.02. The van der Waals surface area contributed by atoms with E-state index in [-0.39, 0.29) is 11.0 Å². The lowest BCUT2D eigenvalue weighted by Gasteiger charge is -2.16. The van der Waals surface area contributed by atoms with Crippen LogP contribution in [0, 0.1) is 13.8 Å². The number of primary amides is 1. The second kappa shape index (κ2) is 3.96. The highest BCUT2D eigenvalue weighted by molar-refractivity contribution is 5.94. The zero-order valence-corrected chi connectivity index (χ0v) is 10.0. The molecule has 1 aromatic rings. The van der Waals surface area contributed by atoms with E-state index in [9.17, 15) is 9.59 Å². The molecule has 16 heavy (non-hydrogen) atoms. The average molecular weight is 220 g/mol. The van der Waals surface area contributed by atoms with Crippen LogP contribution < -0.4 is 11.2 Å². The lowest BCUT2D eigenvalue weighted by Crippen LogP contribution is -2.29. The molecule has 2 N–H and O–H groups in total. The number of aromatic nitrogens is 1. The summed E-state index contributed by atoms with van der Waals surface area (Å²) in [4.78, 5) is 23.3.